The molecule has 1 aliphatic rings. The maximum Gasteiger partial charge on any atom is 0.245 e. The molecular formula is C13H16N4O. The lowest BCUT2D eigenvalue weighted by atomic mass is 10.1. The molecule has 1 unspecified atom stereocenters. The van der Waals surface area contributed by atoms with Crippen molar-refractivity contribution in [2.45, 2.75) is 6.04 Å². The molecule has 0 radical (unpaired) electrons. The Morgan fingerprint density at radius 3 is 2.94 bits per heavy atom. The van der Waals surface area contributed by atoms with Crippen LogP contribution in [0.1, 0.15) is 5.56 Å². The van der Waals surface area contributed by atoms with Crippen LogP contribution in [0.2, 0.25) is 0 Å². The Morgan fingerprint density at radius 1 is 1.50 bits per heavy atom. The van der Waals surface area contributed by atoms with E-state index in [4.69, 9.17) is 11.0 Å². The summed E-state index contributed by atoms with van der Waals surface area (Å²) in [6.07, 6.45) is 0. The normalized spacial score (nSPS) is 20.8. The fourth-order valence-corrected chi connectivity index (χ4v) is 2.17. The van der Waals surface area contributed by atoms with Crippen LogP contribution in [0.4, 0.5) is 5.69 Å². The Morgan fingerprint density at radius 2 is 2.28 bits per heavy atom. The molecule has 1 saturated heterocycles. The fourth-order valence-electron chi connectivity index (χ4n) is 2.17. The molecule has 1 fully saturated rings. The lowest BCUT2D eigenvalue weighted by molar-refractivity contribution is -0.124. The predicted octanol–water partition coefficient (Wildman–Crippen LogP) is 0.164. The van der Waals surface area contributed by atoms with Crippen LogP contribution < -0.4 is 10.6 Å². The SMILES string of the molecule is CN1CCN(c2cccc(C#N)c2)C(=O)C1CN. The number of anilines is 1. The molecule has 0 saturated carbocycles. The summed E-state index contributed by atoms with van der Waals surface area (Å²) in [5, 5.41) is 8.88. The predicted molar refractivity (Wildman–Crippen MR) is 69.0 cm³/mol. The summed E-state index contributed by atoms with van der Waals surface area (Å²) in [5.41, 5.74) is 6.97. The minimum atomic E-state index is -0.274. The number of nitriles is 1. The van der Waals surface area contributed by atoms with Crippen LogP contribution in [-0.4, -0.2) is 43.5 Å². The molecule has 2 N–H and O–H groups in total. The first-order chi connectivity index (χ1) is 8.67. The van der Waals surface area contributed by atoms with E-state index in [1.807, 2.05) is 18.0 Å². The highest BCUT2D eigenvalue weighted by atomic mass is 16.2. The topological polar surface area (TPSA) is 73.4 Å². The number of piperazine rings is 1. The summed E-state index contributed by atoms with van der Waals surface area (Å²) in [7, 11) is 1.90. The molecule has 5 nitrogen and oxygen atoms in total. The average molecular weight is 244 g/mol. The highest BCUT2D eigenvalue weighted by Gasteiger charge is 2.32. The minimum Gasteiger partial charge on any atom is -0.328 e. The van der Waals surface area contributed by atoms with Crippen molar-refractivity contribution in [3.8, 4) is 6.07 Å². The van der Waals surface area contributed by atoms with E-state index in [2.05, 4.69) is 6.07 Å². The van der Waals surface area contributed by atoms with Crippen molar-refractivity contribution >= 4 is 11.6 Å². The standard InChI is InChI=1S/C13H16N4O/c1-16-5-6-17(13(18)12(16)9-15)11-4-2-3-10(7-11)8-14/h2-4,7,12H,5-6,9,15H2,1H3. The Balaban J connectivity index is 2.28. The van der Waals surface area contributed by atoms with Gasteiger partial charge in [0.05, 0.1) is 11.6 Å². The molecule has 1 aromatic carbocycles. The van der Waals surface area contributed by atoms with Crippen LogP contribution in [0.15, 0.2) is 24.3 Å². The Hall–Kier alpha value is -1.90. The van der Waals surface area contributed by atoms with Crippen LogP contribution >= 0.6 is 0 Å². The number of carbonyl (C=O) groups is 1. The van der Waals surface area contributed by atoms with E-state index in [-0.39, 0.29) is 11.9 Å². The summed E-state index contributed by atoms with van der Waals surface area (Å²) in [6, 6.07) is 8.90. The molecule has 0 aromatic heterocycles. The average Bonchev–Trinajstić information content (AvgIpc) is 2.39. The quantitative estimate of drug-likeness (QED) is 0.804. The van der Waals surface area contributed by atoms with Crippen molar-refractivity contribution < 1.29 is 4.79 Å². The Kier molecular flexibility index (Phi) is 3.60. The van der Waals surface area contributed by atoms with Crippen LogP contribution in [0.25, 0.3) is 0 Å². The first kappa shape index (κ1) is 12.6. The molecule has 1 aromatic rings. The molecule has 0 aliphatic carbocycles. The third-order valence-corrected chi connectivity index (χ3v) is 3.27. The molecule has 1 aliphatic heterocycles. The van der Waals surface area contributed by atoms with Crippen molar-refractivity contribution in [3.63, 3.8) is 0 Å². The van der Waals surface area contributed by atoms with Crippen molar-refractivity contribution in [1.82, 2.24) is 4.90 Å². The number of rotatable bonds is 2. The molecule has 1 heterocycles. The number of benzene rings is 1. The summed E-state index contributed by atoms with van der Waals surface area (Å²) in [4.78, 5) is 16.0. The van der Waals surface area contributed by atoms with E-state index in [1.54, 1.807) is 23.1 Å². The third-order valence-electron chi connectivity index (χ3n) is 3.27. The molecule has 5 heteroatoms. The zero-order chi connectivity index (χ0) is 13.1. The second-order valence-corrected chi connectivity index (χ2v) is 4.38. The summed E-state index contributed by atoms with van der Waals surface area (Å²) >= 11 is 0. The zero-order valence-electron chi connectivity index (χ0n) is 10.3. The van der Waals surface area contributed by atoms with Gasteiger partial charge < -0.3 is 10.6 Å². The minimum absolute atomic E-state index is 0.00124. The van der Waals surface area contributed by atoms with Gasteiger partial charge in [-0.3, -0.25) is 9.69 Å². The number of nitrogens with two attached hydrogens (primary N) is 1. The first-order valence-corrected chi connectivity index (χ1v) is 5.89. The Labute approximate surface area is 106 Å². The largest absolute Gasteiger partial charge is 0.328 e. The Bertz CT molecular complexity index is 494. The van der Waals surface area contributed by atoms with Crippen LogP contribution in [-0.2, 0) is 4.79 Å². The van der Waals surface area contributed by atoms with Gasteiger partial charge in [-0.05, 0) is 25.2 Å². The lowest BCUT2D eigenvalue weighted by Crippen LogP contribution is -2.58. The molecular weight excluding hydrogens is 228 g/mol. The van der Waals surface area contributed by atoms with Gasteiger partial charge in [0.15, 0.2) is 0 Å². The zero-order valence-corrected chi connectivity index (χ0v) is 10.3. The van der Waals surface area contributed by atoms with E-state index in [1.165, 1.54) is 0 Å². The molecule has 0 bridgehead atoms. The fraction of sp³-hybridized carbons (Fsp3) is 0.385. The number of carbonyl (C=O) groups excluding carboxylic acids is 1. The van der Waals surface area contributed by atoms with Crippen molar-refractivity contribution in [2.24, 2.45) is 5.73 Å². The number of hydrogen-bond donors (Lipinski definition) is 1. The highest BCUT2D eigenvalue weighted by molar-refractivity contribution is 5.98. The van der Waals surface area contributed by atoms with E-state index in [0.29, 0.717) is 18.7 Å². The van der Waals surface area contributed by atoms with Gasteiger partial charge in [0.25, 0.3) is 0 Å². The van der Waals surface area contributed by atoms with Gasteiger partial charge in [0.2, 0.25) is 5.91 Å². The molecule has 1 atom stereocenters. The summed E-state index contributed by atoms with van der Waals surface area (Å²) in [6.45, 7) is 1.72. The van der Waals surface area contributed by atoms with E-state index in [9.17, 15) is 4.79 Å². The van der Waals surface area contributed by atoms with Gasteiger partial charge in [-0.1, -0.05) is 6.07 Å². The highest BCUT2D eigenvalue weighted by Crippen LogP contribution is 2.20. The van der Waals surface area contributed by atoms with Crippen LogP contribution in [0.5, 0.6) is 0 Å². The van der Waals surface area contributed by atoms with Gasteiger partial charge in [-0.15, -0.1) is 0 Å². The van der Waals surface area contributed by atoms with E-state index in [0.717, 1.165) is 12.2 Å². The molecule has 18 heavy (non-hydrogen) atoms. The molecule has 94 valence electrons. The molecule has 2 rings (SSSR count). The van der Waals surface area contributed by atoms with Crippen LogP contribution in [0, 0.1) is 11.3 Å². The maximum atomic E-state index is 12.3. The second-order valence-electron chi connectivity index (χ2n) is 4.38. The van der Waals surface area contributed by atoms with Gasteiger partial charge in [0, 0.05) is 25.3 Å². The maximum absolute atomic E-state index is 12.3. The van der Waals surface area contributed by atoms with Gasteiger partial charge >= 0.3 is 0 Å². The smallest absolute Gasteiger partial charge is 0.245 e. The third kappa shape index (κ3) is 2.21. The van der Waals surface area contributed by atoms with Gasteiger partial charge in [-0.2, -0.15) is 5.26 Å². The second kappa shape index (κ2) is 5.17. The van der Waals surface area contributed by atoms with Gasteiger partial charge in [-0.25, -0.2) is 0 Å². The molecule has 0 spiro atoms. The number of amides is 1. The summed E-state index contributed by atoms with van der Waals surface area (Å²) in [5.74, 6) is 0.00124. The van der Waals surface area contributed by atoms with E-state index < -0.39 is 0 Å². The first-order valence-electron chi connectivity index (χ1n) is 5.89. The lowest BCUT2D eigenvalue weighted by Gasteiger charge is -2.38. The van der Waals surface area contributed by atoms with E-state index >= 15 is 0 Å². The monoisotopic (exact) mass is 244 g/mol. The number of nitrogens with zero attached hydrogens (tertiary/aromatic N) is 3. The van der Waals surface area contributed by atoms with Crippen molar-refractivity contribution in [3.05, 3.63) is 29.8 Å². The van der Waals surface area contributed by atoms with Crippen molar-refractivity contribution in [1.29, 1.82) is 5.26 Å². The number of likely N-dealkylation sites (N-methyl/N-ethyl adjacent to an activating group) is 1. The van der Waals surface area contributed by atoms with Gasteiger partial charge in [0.1, 0.15) is 6.04 Å². The van der Waals surface area contributed by atoms with Crippen molar-refractivity contribution in [2.75, 3.05) is 31.6 Å². The molecule has 1 amide bonds. The number of hydrogen-bond acceptors (Lipinski definition) is 4. The summed E-state index contributed by atoms with van der Waals surface area (Å²) < 4.78 is 0. The van der Waals surface area contributed by atoms with Crippen LogP contribution in [0.3, 0.4) is 0 Å².